The van der Waals surface area contributed by atoms with Gasteiger partial charge in [0.2, 0.25) is 0 Å². The molecule has 1 unspecified atom stereocenters. The molecule has 1 nitrogen and oxygen atoms in total. The van der Waals surface area contributed by atoms with Crippen LogP contribution in [0.3, 0.4) is 0 Å². The van der Waals surface area contributed by atoms with Gasteiger partial charge in [-0.15, -0.1) is 0 Å². The summed E-state index contributed by atoms with van der Waals surface area (Å²) in [5, 5.41) is 9.96. The number of rotatable bonds is 4. The first-order valence-corrected chi connectivity index (χ1v) is 5.94. The molecule has 0 radical (unpaired) electrons. The summed E-state index contributed by atoms with van der Waals surface area (Å²) in [4.78, 5) is 0. The SMILES string of the molecule is C=C(CC)CC(O)c1ccc(Br)c(C)c1. The summed E-state index contributed by atoms with van der Waals surface area (Å²) in [6.45, 7) is 7.99. The van der Waals surface area contributed by atoms with Crippen LogP contribution in [0.25, 0.3) is 0 Å². The van der Waals surface area contributed by atoms with Crippen LogP contribution in [0.1, 0.15) is 37.0 Å². The number of benzene rings is 1. The van der Waals surface area contributed by atoms with Crippen molar-refractivity contribution in [2.24, 2.45) is 0 Å². The number of aliphatic hydroxyl groups is 1. The predicted molar refractivity (Wildman–Crippen MR) is 67.9 cm³/mol. The van der Waals surface area contributed by atoms with E-state index >= 15 is 0 Å². The number of hydrogen-bond acceptors (Lipinski definition) is 1. The molecule has 0 bridgehead atoms. The maximum atomic E-state index is 9.96. The Bertz CT molecular complexity index is 358. The Kier molecular flexibility index (Phi) is 4.55. The van der Waals surface area contributed by atoms with Crippen molar-refractivity contribution in [3.8, 4) is 0 Å². The van der Waals surface area contributed by atoms with E-state index in [1.54, 1.807) is 0 Å². The van der Waals surface area contributed by atoms with Crippen molar-refractivity contribution in [3.63, 3.8) is 0 Å². The maximum Gasteiger partial charge on any atom is 0.0827 e. The molecule has 15 heavy (non-hydrogen) atoms. The molecule has 1 aromatic carbocycles. The Morgan fingerprint density at radius 1 is 1.53 bits per heavy atom. The van der Waals surface area contributed by atoms with E-state index in [1.165, 1.54) is 0 Å². The second kappa shape index (κ2) is 5.47. The van der Waals surface area contributed by atoms with Crippen molar-refractivity contribution in [1.29, 1.82) is 0 Å². The van der Waals surface area contributed by atoms with Crippen molar-refractivity contribution >= 4 is 15.9 Å². The lowest BCUT2D eigenvalue weighted by Crippen LogP contribution is -1.99. The topological polar surface area (TPSA) is 20.2 Å². The Labute approximate surface area is 100.0 Å². The van der Waals surface area contributed by atoms with Crippen LogP contribution in [0.2, 0.25) is 0 Å². The number of aliphatic hydroxyl groups excluding tert-OH is 1. The van der Waals surface area contributed by atoms with Gasteiger partial charge in [-0.2, -0.15) is 0 Å². The Morgan fingerprint density at radius 3 is 2.73 bits per heavy atom. The summed E-state index contributed by atoms with van der Waals surface area (Å²) in [5.41, 5.74) is 3.20. The molecule has 0 aliphatic carbocycles. The van der Waals surface area contributed by atoms with Crippen molar-refractivity contribution in [1.82, 2.24) is 0 Å². The molecular weight excluding hydrogens is 252 g/mol. The zero-order chi connectivity index (χ0) is 11.4. The summed E-state index contributed by atoms with van der Waals surface area (Å²) in [7, 11) is 0. The minimum absolute atomic E-state index is 0.427. The molecule has 1 atom stereocenters. The van der Waals surface area contributed by atoms with Crippen LogP contribution < -0.4 is 0 Å². The van der Waals surface area contributed by atoms with E-state index < -0.39 is 6.10 Å². The molecule has 0 spiro atoms. The fourth-order valence-corrected chi connectivity index (χ4v) is 1.66. The number of halogens is 1. The molecule has 0 aliphatic rings. The highest BCUT2D eigenvalue weighted by Gasteiger charge is 2.09. The van der Waals surface area contributed by atoms with Crippen LogP contribution >= 0.6 is 15.9 Å². The molecule has 0 amide bonds. The second-order valence-electron chi connectivity index (χ2n) is 3.83. The van der Waals surface area contributed by atoms with Gasteiger partial charge in [0.15, 0.2) is 0 Å². The lowest BCUT2D eigenvalue weighted by molar-refractivity contribution is 0.177. The summed E-state index contributed by atoms with van der Waals surface area (Å²) in [6, 6.07) is 5.94. The van der Waals surface area contributed by atoms with Crippen LogP contribution in [0.4, 0.5) is 0 Å². The molecule has 0 heterocycles. The molecule has 1 rings (SSSR count). The highest BCUT2D eigenvalue weighted by atomic mass is 79.9. The zero-order valence-corrected chi connectivity index (χ0v) is 10.8. The van der Waals surface area contributed by atoms with Gasteiger partial charge in [-0.1, -0.05) is 47.1 Å². The fourth-order valence-electron chi connectivity index (χ4n) is 1.41. The summed E-state index contributed by atoms with van der Waals surface area (Å²) < 4.78 is 1.08. The molecular formula is C13H17BrO. The summed E-state index contributed by atoms with van der Waals surface area (Å²) >= 11 is 3.44. The molecule has 1 N–H and O–H groups in total. The van der Waals surface area contributed by atoms with Crippen LogP contribution in [-0.2, 0) is 0 Å². The quantitative estimate of drug-likeness (QED) is 0.814. The highest BCUT2D eigenvalue weighted by Crippen LogP contribution is 2.25. The zero-order valence-electron chi connectivity index (χ0n) is 9.26. The normalized spacial score (nSPS) is 12.5. The molecule has 1 aromatic rings. The Morgan fingerprint density at radius 2 is 2.20 bits per heavy atom. The first kappa shape index (κ1) is 12.5. The number of hydrogen-bond donors (Lipinski definition) is 1. The Hall–Kier alpha value is -0.600. The average Bonchev–Trinajstić information content (AvgIpc) is 2.21. The van der Waals surface area contributed by atoms with Gasteiger partial charge < -0.3 is 5.11 Å². The molecule has 0 fully saturated rings. The van der Waals surface area contributed by atoms with E-state index in [-0.39, 0.29) is 0 Å². The fraction of sp³-hybridized carbons (Fsp3) is 0.385. The molecule has 82 valence electrons. The Balaban J connectivity index is 2.78. The van der Waals surface area contributed by atoms with Crippen molar-refractivity contribution in [3.05, 3.63) is 46.0 Å². The predicted octanol–water partition coefficient (Wildman–Crippen LogP) is 4.15. The molecule has 0 saturated carbocycles. The van der Waals surface area contributed by atoms with E-state index in [4.69, 9.17) is 0 Å². The van der Waals surface area contributed by atoms with E-state index in [0.717, 1.165) is 27.6 Å². The van der Waals surface area contributed by atoms with Gasteiger partial charge in [0.1, 0.15) is 0 Å². The van der Waals surface area contributed by atoms with E-state index in [9.17, 15) is 5.11 Å². The van der Waals surface area contributed by atoms with Gasteiger partial charge in [-0.3, -0.25) is 0 Å². The third-order valence-corrected chi connectivity index (χ3v) is 3.44. The lowest BCUT2D eigenvalue weighted by Gasteiger charge is -2.13. The van der Waals surface area contributed by atoms with E-state index in [0.29, 0.717) is 6.42 Å². The minimum atomic E-state index is -0.427. The smallest absolute Gasteiger partial charge is 0.0827 e. The first-order chi connectivity index (χ1) is 7.04. The summed E-state index contributed by atoms with van der Waals surface area (Å²) in [5.74, 6) is 0. The van der Waals surface area contributed by atoms with Gasteiger partial charge in [0, 0.05) is 4.47 Å². The van der Waals surface area contributed by atoms with Crippen LogP contribution in [0, 0.1) is 6.92 Å². The third kappa shape index (κ3) is 3.47. The van der Waals surface area contributed by atoms with Crippen molar-refractivity contribution in [2.75, 3.05) is 0 Å². The van der Waals surface area contributed by atoms with E-state index in [1.807, 2.05) is 25.1 Å². The minimum Gasteiger partial charge on any atom is -0.388 e. The third-order valence-electron chi connectivity index (χ3n) is 2.55. The van der Waals surface area contributed by atoms with Crippen LogP contribution in [-0.4, -0.2) is 5.11 Å². The monoisotopic (exact) mass is 268 g/mol. The molecule has 0 aromatic heterocycles. The first-order valence-electron chi connectivity index (χ1n) is 5.15. The van der Waals surface area contributed by atoms with Crippen molar-refractivity contribution in [2.45, 2.75) is 32.8 Å². The van der Waals surface area contributed by atoms with Gasteiger partial charge in [0.05, 0.1) is 6.10 Å². The van der Waals surface area contributed by atoms with Gasteiger partial charge in [-0.25, -0.2) is 0 Å². The van der Waals surface area contributed by atoms with Gasteiger partial charge in [0.25, 0.3) is 0 Å². The lowest BCUT2D eigenvalue weighted by atomic mass is 10.00. The van der Waals surface area contributed by atoms with E-state index in [2.05, 4.69) is 29.4 Å². The maximum absolute atomic E-state index is 9.96. The summed E-state index contributed by atoms with van der Waals surface area (Å²) in [6.07, 6.45) is 1.15. The molecule has 0 saturated heterocycles. The molecule has 0 aliphatic heterocycles. The standard InChI is InChI=1S/C13H17BrO/c1-4-9(2)7-13(15)11-5-6-12(14)10(3)8-11/h5-6,8,13,15H,2,4,7H2,1,3H3. The largest absolute Gasteiger partial charge is 0.388 e. The second-order valence-corrected chi connectivity index (χ2v) is 4.69. The van der Waals surface area contributed by atoms with Gasteiger partial charge in [-0.05, 0) is 37.0 Å². The number of aryl methyl sites for hydroxylation is 1. The average molecular weight is 269 g/mol. The highest BCUT2D eigenvalue weighted by molar-refractivity contribution is 9.10. The van der Waals surface area contributed by atoms with Crippen LogP contribution in [0.15, 0.2) is 34.8 Å². The molecule has 2 heteroatoms. The van der Waals surface area contributed by atoms with Crippen LogP contribution in [0.5, 0.6) is 0 Å². The van der Waals surface area contributed by atoms with Crippen molar-refractivity contribution < 1.29 is 5.11 Å². The van der Waals surface area contributed by atoms with Gasteiger partial charge >= 0.3 is 0 Å².